The van der Waals surface area contributed by atoms with E-state index in [1.54, 1.807) is 0 Å². The van der Waals surface area contributed by atoms with Crippen molar-refractivity contribution < 1.29 is 9.72 Å². The van der Waals surface area contributed by atoms with Crippen molar-refractivity contribution >= 4 is 22.6 Å². The largest absolute Gasteiger partial charge is 0.283 e. The van der Waals surface area contributed by atoms with Crippen molar-refractivity contribution in [1.82, 2.24) is 19.4 Å². The van der Waals surface area contributed by atoms with Gasteiger partial charge in [0.15, 0.2) is 5.65 Å². The Morgan fingerprint density at radius 3 is 2.66 bits per heavy atom. The van der Waals surface area contributed by atoms with E-state index >= 15 is 0 Å². The van der Waals surface area contributed by atoms with Crippen molar-refractivity contribution in [2.45, 2.75) is 6.92 Å². The molecule has 1 amide bonds. The molecular formula is C19H14N6O4. The zero-order valence-corrected chi connectivity index (χ0v) is 15.1. The predicted octanol–water partition coefficient (Wildman–Crippen LogP) is 2.18. The monoisotopic (exact) mass is 390 g/mol. The number of rotatable bonds is 4. The molecule has 2 heterocycles. The van der Waals surface area contributed by atoms with Gasteiger partial charge in [0.25, 0.3) is 17.2 Å². The van der Waals surface area contributed by atoms with Crippen LogP contribution < -0.4 is 11.0 Å². The van der Waals surface area contributed by atoms with Gasteiger partial charge in [-0.15, -0.1) is 0 Å². The van der Waals surface area contributed by atoms with Crippen LogP contribution in [0.1, 0.15) is 15.9 Å². The highest BCUT2D eigenvalue weighted by atomic mass is 16.6. The summed E-state index contributed by atoms with van der Waals surface area (Å²) in [6, 6.07) is 12.8. The van der Waals surface area contributed by atoms with Crippen LogP contribution in [0.3, 0.4) is 0 Å². The third-order valence-electron chi connectivity index (χ3n) is 4.31. The highest BCUT2D eigenvalue weighted by Gasteiger charge is 2.15. The number of aryl methyl sites for hydroxylation is 1. The van der Waals surface area contributed by atoms with Crippen LogP contribution in [-0.4, -0.2) is 30.3 Å². The zero-order valence-electron chi connectivity index (χ0n) is 15.1. The maximum absolute atomic E-state index is 12.7. The molecule has 0 bridgehead atoms. The van der Waals surface area contributed by atoms with Gasteiger partial charge in [-0.25, -0.2) is 14.3 Å². The zero-order chi connectivity index (χ0) is 20.5. The number of benzene rings is 2. The number of carbonyl (C=O) groups is 1. The van der Waals surface area contributed by atoms with Gasteiger partial charge in [0.1, 0.15) is 11.7 Å². The summed E-state index contributed by atoms with van der Waals surface area (Å²) >= 11 is 0. The second-order valence-corrected chi connectivity index (χ2v) is 6.30. The number of nitrogens with zero attached hydrogens (tertiary/aromatic N) is 5. The number of amides is 1. The first-order valence-corrected chi connectivity index (χ1v) is 8.52. The molecule has 0 saturated heterocycles. The summed E-state index contributed by atoms with van der Waals surface area (Å²) in [4.78, 5) is 39.6. The van der Waals surface area contributed by atoms with Gasteiger partial charge in [-0.2, -0.15) is 5.10 Å². The minimum absolute atomic E-state index is 0.0431. The van der Waals surface area contributed by atoms with Crippen molar-refractivity contribution in [3.63, 3.8) is 0 Å². The van der Waals surface area contributed by atoms with E-state index in [-0.39, 0.29) is 16.6 Å². The van der Waals surface area contributed by atoms with Crippen LogP contribution in [0.5, 0.6) is 0 Å². The van der Waals surface area contributed by atoms with Crippen LogP contribution in [0.15, 0.2) is 65.8 Å². The molecule has 0 unspecified atom stereocenters. The van der Waals surface area contributed by atoms with E-state index in [9.17, 15) is 19.7 Å². The van der Waals surface area contributed by atoms with Crippen LogP contribution >= 0.6 is 0 Å². The summed E-state index contributed by atoms with van der Waals surface area (Å²) < 4.78 is 2.45. The lowest BCUT2D eigenvalue weighted by atomic mass is 10.2. The van der Waals surface area contributed by atoms with Crippen molar-refractivity contribution in [1.29, 1.82) is 0 Å². The fraction of sp³-hybridized carbons (Fsp3) is 0.0526. The molecule has 0 aliphatic heterocycles. The maximum Gasteiger partial charge on any atom is 0.283 e. The summed E-state index contributed by atoms with van der Waals surface area (Å²) in [5, 5.41) is 15.3. The van der Waals surface area contributed by atoms with Gasteiger partial charge in [-0.1, -0.05) is 23.8 Å². The molecule has 0 aliphatic carbocycles. The molecule has 0 atom stereocenters. The smallest absolute Gasteiger partial charge is 0.267 e. The third-order valence-corrected chi connectivity index (χ3v) is 4.31. The quantitative estimate of drug-likeness (QED) is 0.421. The molecule has 29 heavy (non-hydrogen) atoms. The van der Waals surface area contributed by atoms with E-state index in [0.29, 0.717) is 5.65 Å². The van der Waals surface area contributed by atoms with E-state index in [4.69, 9.17) is 0 Å². The normalized spacial score (nSPS) is 10.8. The molecule has 0 saturated carbocycles. The number of fused-ring (bicyclic) bond motifs is 1. The number of nitrogens with one attached hydrogen (secondary N) is 1. The van der Waals surface area contributed by atoms with Crippen molar-refractivity contribution in [3.8, 4) is 5.69 Å². The highest BCUT2D eigenvalue weighted by molar-refractivity contribution is 6.00. The number of carbonyl (C=O) groups excluding carboxylic acids is 1. The summed E-state index contributed by atoms with van der Waals surface area (Å²) in [6.45, 7) is 1.96. The first-order valence-electron chi connectivity index (χ1n) is 8.52. The number of hydrogen-bond donors (Lipinski definition) is 1. The molecule has 144 valence electrons. The average molecular weight is 390 g/mol. The lowest BCUT2D eigenvalue weighted by molar-refractivity contribution is -0.384. The second kappa shape index (κ2) is 7.00. The number of aromatic nitrogens is 4. The second-order valence-electron chi connectivity index (χ2n) is 6.30. The van der Waals surface area contributed by atoms with Gasteiger partial charge in [0, 0.05) is 17.7 Å². The molecular weight excluding hydrogens is 376 g/mol. The van der Waals surface area contributed by atoms with Gasteiger partial charge in [-0.3, -0.25) is 25.1 Å². The van der Waals surface area contributed by atoms with E-state index in [2.05, 4.69) is 15.5 Å². The lowest BCUT2D eigenvalue weighted by Crippen LogP contribution is -2.33. The Balaban J connectivity index is 1.67. The molecule has 0 radical (unpaired) electrons. The Bertz CT molecular complexity index is 1310. The Morgan fingerprint density at radius 2 is 1.93 bits per heavy atom. The first-order chi connectivity index (χ1) is 13.9. The molecule has 0 fully saturated rings. The summed E-state index contributed by atoms with van der Waals surface area (Å²) in [5.74, 6) is -0.678. The molecule has 4 rings (SSSR count). The predicted molar refractivity (Wildman–Crippen MR) is 105 cm³/mol. The molecule has 1 N–H and O–H groups in total. The van der Waals surface area contributed by atoms with Crippen LogP contribution in [-0.2, 0) is 0 Å². The van der Waals surface area contributed by atoms with E-state index < -0.39 is 16.4 Å². The van der Waals surface area contributed by atoms with Crippen LogP contribution in [0.25, 0.3) is 16.7 Å². The summed E-state index contributed by atoms with van der Waals surface area (Å²) in [5.41, 5.74) is 3.86. The van der Waals surface area contributed by atoms with Crippen molar-refractivity contribution in [2.24, 2.45) is 0 Å². The molecule has 2 aromatic carbocycles. The Hall–Kier alpha value is -4.34. The van der Waals surface area contributed by atoms with E-state index in [1.165, 1.54) is 35.4 Å². The first kappa shape index (κ1) is 18.0. The standard InChI is InChI=1S/C19H14N6O4/c1-12-5-7-14(8-6-12)24-17-16(10-21-24)19(27)23(11-20-17)22-18(26)13-3-2-4-15(9-13)25(28)29/h2-11H,1H3,(H,22,26). The topological polar surface area (TPSA) is 125 Å². The number of non-ortho nitro benzene ring substituents is 1. The lowest BCUT2D eigenvalue weighted by Gasteiger charge is -2.08. The van der Waals surface area contributed by atoms with Crippen LogP contribution in [0.2, 0.25) is 0 Å². The van der Waals surface area contributed by atoms with Gasteiger partial charge in [0.05, 0.1) is 16.8 Å². The minimum Gasteiger partial charge on any atom is -0.267 e. The summed E-state index contributed by atoms with van der Waals surface area (Å²) in [7, 11) is 0. The third kappa shape index (κ3) is 3.34. The Kier molecular flexibility index (Phi) is 4.36. The van der Waals surface area contributed by atoms with Crippen molar-refractivity contribution in [2.75, 3.05) is 5.43 Å². The number of nitro benzene ring substituents is 1. The molecule has 0 spiro atoms. The van der Waals surface area contributed by atoms with Gasteiger partial charge in [0.2, 0.25) is 0 Å². The number of hydrogen-bond acceptors (Lipinski definition) is 6. The SMILES string of the molecule is Cc1ccc(-n2ncc3c(=O)n(NC(=O)c4cccc([N+](=O)[O-])c4)cnc32)cc1. The molecule has 4 aromatic rings. The maximum atomic E-state index is 12.7. The summed E-state index contributed by atoms with van der Waals surface area (Å²) in [6.07, 6.45) is 2.55. The average Bonchev–Trinajstić information content (AvgIpc) is 3.15. The fourth-order valence-electron chi connectivity index (χ4n) is 2.80. The van der Waals surface area contributed by atoms with Gasteiger partial charge in [-0.05, 0) is 25.1 Å². The van der Waals surface area contributed by atoms with Gasteiger partial charge < -0.3 is 0 Å². The molecule has 10 nitrogen and oxygen atoms in total. The molecule has 2 aromatic heterocycles. The highest BCUT2D eigenvalue weighted by Crippen LogP contribution is 2.15. The van der Waals surface area contributed by atoms with Gasteiger partial charge >= 0.3 is 0 Å². The fourth-order valence-corrected chi connectivity index (χ4v) is 2.80. The Morgan fingerprint density at radius 1 is 1.17 bits per heavy atom. The van der Waals surface area contributed by atoms with Crippen LogP contribution in [0.4, 0.5) is 5.69 Å². The molecule has 10 heteroatoms. The minimum atomic E-state index is -0.678. The van der Waals surface area contributed by atoms with E-state index in [0.717, 1.165) is 22.0 Å². The Labute approximate surface area is 163 Å². The van der Waals surface area contributed by atoms with E-state index in [1.807, 2.05) is 31.2 Å². The van der Waals surface area contributed by atoms with Crippen molar-refractivity contribution in [3.05, 3.63) is 92.7 Å². The number of nitro groups is 1. The molecule has 0 aliphatic rings. The van der Waals surface area contributed by atoms with Crippen LogP contribution in [0, 0.1) is 17.0 Å².